The first-order chi connectivity index (χ1) is 4.33. The number of likely N-dealkylation sites (N-methyl/N-ethyl adjacent to an activating group) is 1. The molecule has 0 unspecified atom stereocenters. The van der Waals surface area contributed by atoms with Crippen molar-refractivity contribution in [2.45, 2.75) is 0 Å². The molecule has 0 aromatic rings. The third-order valence-electron chi connectivity index (χ3n) is 1.63. The van der Waals surface area contributed by atoms with Gasteiger partial charge in [0.2, 0.25) is 0 Å². The number of hydrogen-bond acceptors (Lipinski definition) is 2. The Morgan fingerprint density at radius 2 is 1.78 bits per heavy atom. The number of carbonyl (C=O) groups excluding carboxylic acids is 1. The Morgan fingerprint density at radius 3 is 2.22 bits per heavy atom. The summed E-state index contributed by atoms with van der Waals surface area (Å²) in [6.07, 6.45) is 1.88. The van der Waals surface area contributed by atoms with Crippen LogP contribution in [0.15, 0.2) is 0 Å². The summed E-state index contributed by atoms with van der Waals surface area (Å²) in [7, 11) is 2.06. The van der Waals surface area contributed by atoms with Crippen LogP contribution >= 0.6 is 0 Å². The largest absolute Gasteiger partial charge is 0.667 e. The molecule has 1 aliphatic heterocycles. The molecule has 3 nitrogen and oxygen atoms in total. The van der Waals surface area contributed by atoms with Crippen LogP contribution in [0.25, 0.3) is 0 Å². The van der Waals surface area contributed by atoms with Crippen molar-refractivity contribution in [3.63, 3.8) is 0 Å². The molecule has 0 saturated carbocycles. The molecular weight excluding hydrogens is 116 g/mol. The average molecular weight is 127 g/mol. The van der Waals surface area contributed by atoms with Crippen molar-refractivity contribution >= 4 is 6.41 Å². The zero-order valence-corrected chi connectivity index (χ0v) is 5.63. The van der Waals surface area contributed by atoms with Gasteiger partial charge in [-0.3, -0.25) is 0 Å². The molecule has 1 rings (SSSR count). The highest BCUT2D eigenvalue weighted by Gasteiger charge is 2.20. The Labute approximate surface area is 55.2 Å². The second-order valence-corrected chi connectivity index (χ2v) is 2.38. The first-order valence-electron chi connectivity index (χ1n) is 3.14. The van der Waals surface area contributed by atoms with Gasteiger partial charge in [0.25, 0.3) is 0 Å². The van der Waals surface area contributed by atoms with Crippen LogP contribution in [-0.2, 0) is 4.79 Å². The Bertz CT molecular complexity index is 97.2. The van der Waals surface area contributed by atoms with E-state index in [1.54, 1.807) is 4.90 Å². The summed E-state index contributed by atoms with van der Waals surface area (Å²) >= 11 is 0. The molecule has 3 heteroatoms. The molecule has 1 amide bonds. The molecule has 1 aliphatic rings. The van der Waals surface area contributed by atoms with Crippen molar-refractivity contribution in [2.75, 3.05) is 33.2 Å². The van der Waals surface area contributed by atoms with Gasteiger partial charge in [0, 0.05) is 13.1 Å². The van der Waals surface area contributed by atoms with E-state index in [1.165, 1.54) is 0 Å². The molecule has 50 valence electrons. The van der Waals surface area contributed by atoms with Crippen molar-refractivity contribution in [3.8, 4) is 0 Å². The quantitative estimate of drug-likeness (QED) is 0.435. The second-order valence-electron chi connectivity index (χ2n) is 2.38. The SMILES string of the molecule is CN1CCN([C+]=O)CC1. The summed E-state index contributed by atoms with van der Waals surface area (Å²) < 4.78 is 0. The molecule has 0 atom stereocenters. The van der Waals surface area contributed by atoms with Crippen LogP contribution in [0.1, 0.15) is 0 Å². The van der Waals surface area contributed by atoms with E-state index in [4.69, 9.17) is 0 Å². The molecule has 1 saturated heterocycles. The number of hydrogen-bond donors (Lipinski definition) is 0. The minimum atomic E-state index is 0.833. The highest BCUT2D eigenvalue weighted by Crippen LogP contribution is 1.94. The molecule has 0 N–H and O–H groups in total. The van der Waals surface area contributed by atoms with E-state index in [9.17, 15) is 4.79 Å². The predicted octanol–water partition coefficient (Wildman–Crippen LogP) is -0.699. The molecule has 0 aromatic carbocycles. The van der Waals surface area contributed by atoms with Crippen molar-refractivity contribution in [3.05, 3.63) is 0 Å². The molecular formula is C6H11N2O+. The van der Waals surface area contributed by atoms with Gasteiger partial charge in [0.05, 0.1) is 17.9 Å². The lowest BCUT2D eigenvalue weighted by molar-refractivity contribution is 0.210. The zero-order chi connectivity index (χ0) is 6.69. The highest BCUT2D eigenvalue weighted by atomic mass is 16.1. The minimum Gasteiger partial charge on any atom is -0.303 e. The van der Waals surface area contributed by atoms with Crippen molar-refractivity contribution in [1.82, 2.24) is 9.80 Å². The van der Waals surface area contributed by atoms with Crippen LogP contribution in [-0.4, -0.2) is 49.4 Å². The van der Waals surface area contributed by atoms with E-state index >= 15 is 0 Å². The fraction of sp³-hybridized carbons (Fsp3) is 0.833. The molecule has 0 spiro atoms. The van der Waals surface area contributed by atoms with Crippen LogP contribution in [0, 0.1) is 0 Å². The second kappa shape index (κ2) is 2.76. The first kappa shape index (κ1) is 6.46. The van der Waals surface area contributed by atoms with E-state index in [0.717, 1.165) is 26.2 Å². The summed E-state index contributed by atoms with van der Waals surface area (Å²) in [4.78, 5) is 13.9. The monoisotopic (exact) mass is 127 g/mol. The summed E-state index contributed by atoms with van der Waals surface area (Å²) in [5.41, 5.74) is 0. The standard InChI is InChI=1S/C6H11N2O/c1-7-2-4-8(6-9)5-3-7/h2-5H2,1H3/q+1. The predicted molar refractivity (Wildman–Crippen MR) is 34.8 cm³/mol. The van der Waals surface area contributed by atoms with E-state index < -0.39 is 0 Å². The number of nitrogens with zero attached hydrogens (tertiary/aromatic N) is 2. The van der Waals surface area contributed by atoms with E-state index in [1.807, 2.05) is 6.41 Å². The van der Waals surface area contributed by atoms with Crippen LogP contribution in [0.5, 0.6) is 0 Å². The highest BCUT2D eigenvalue weighted by molar-refractivity contribution is 5.48. The van der Waals surface area contributed by atoms with Crippen LogP contribution in [0.3, 0.4) is 0 Å². The summed E-state index contributed by atoms with van der Waals surface area (Å²) in [5.74, 6) is 0. The number of piperazine rings is 1. The van der Waals surface area contributed by atoms with Crippen LogP contribution in [0.4, 0.5) is 0 Å². The van der Waals surface area contributed by atoms with Gasteiger partial charge in [-0.05, 0) is 7.05 Å². The number of amides is 1. The zero-order valence-electron chi connectivity index (χ0n) is 5.63. The maximum Gasteiger partial charge on any atom is 0.667 e. The fourth-order valence-corrected chi connectivity index (χ4v) is 0.898. The smallest absolute Gasteiger partial charge is 0.303 e. The molecule has 9 heavy (non-hydrogen) atoms. The van der Waals surface area contributed by atoms with Gasteiger partial charge in [-0.15, -0.1) is 4.90 Å². The molecule has 0 aliphatic carbocycles. The molecule has 1 heterocycles. The third kappa shape index (κ3) is 1.63. The fourth-order valence-electron chi connectivity index (χ4n) is 0.898. The molecule has 0 bridgehead atoms. The lowest BCUT2D eigenvalue weighted by Gasteiger charge is -2.22. The van der Waals surface area contributed by atoms with Gasteiger partial charge in [-0.1, -0.05) is 0 Å². The maximum atomic E-state index is 10.0. The topological polar surface area (TPSA) is 23.6 Å². The Kier molecular flexibility index (Phi) is 1.98. The third-order valence-corrected chi connectivity index (χ3v) is 1.63. The van der Waals surface area contributed by atoms with Crippen LogP contribution < -0.4 is 0 Å². The normalized spacial score (nSPS) is 21.7. The first-order valence-corrected chi connectivity index (χ1v) is 3.14. The van der Waals surface area contributed by atoms with Crippen molar-refractivity contribution in [2.24, 2.45) is 0 Å². The van der Waals surface area contributed by atoms with E-state index in [-0.39, 0.29) is 0 Å². The minimum absolute atomic E-state index is 0.833. The van der Waals surface area contributed by atoms with E-state index in [0.29, 0.717) is 0 Å². The molecule has 0 radical (unpaired) electrons. The summed E-state index contributed by atoms with van der Waals surface area (Å²) in [5, 5.41) is 0. The maximum absolute atomic E-state index is 10.0. The number of rotatable bonds is 1. The van der Waals surface area contributed by atoms with Crippen LogP contribution in [0.2, 0.25) is 0 Å². The Morgan fingerprint density at radius 1 is 1.22 bits per heavy atom. The van der Waals surface area contributed by atoms with Gasteiger partial charge in [-0.2, -0.15) is 0 Å². The Hall–Kier alpha value is -0.660. The molecule has 1 fully saturated rings. The van der Waals surface area contributed by atoms with Crippen molar-refractivity contribution < 1.29 is 4.79 Å². The van der Waals surface area contributed by atoms with E-state index in [2.05, 4.69) is 11.9 Å². The van der Waals surface area contributed by atoms with Crippen molar-refractivity contribution in [1.29, 1.82) is 0 Å². The summed E-state index contributed by atoms with van der Waals surface area (Å²) in [6, 6.07) is 0. The molecule has 0 aromatic heterocycles. The van der Waals surface area contributed by atoms with Gasteiger partial charge >= 0.3 is 6.41 Å². The van der Waals surface area contributed by atoms with Gasteiger partial charge < -0.3 is 4.90 Å². The average Bonchev–Trinajstić information content (AvgIpc) is 1.90. The van der Waals surface area contributed by atoms with Gasteiger partial charge in [0.1, 0.15) is 0 Å². The lowest BCUT2D eigenvalue weighted by Crippen LogP contribution is -2.43. The van der Waals surface area contributed by atoms with Gasteiger partial charge in [-0.25, -0.2) is 0 Å². The summed E-state index contributed by atoms with van der Waals surface area (Å²) in [6.45, 7) is 3.63. The Balaban J connectivity index is 2.26. The van der Waals surface area contributed by atoms with Gasteiger partial charge in [0.15, 0.2) is 0 Å². The lowest BCUT2D eigenvalue weighted by atomic mass is 10.4.